The van der Waals surface area contributed by atoms with Crippen LogP contribution in [0.25, 0.3) is 0 Å². The van der Waals surface area contributed by atoms with E-state index in [2.05, 4.69) is 15.3 Å². The standard InChI is InChI=1S/C10H15N5O/c1-2-7-9(11)13-6-14-10(7)15-4-3-12-8(16)5-15/h6H,2-5H2,1H3,(H,12,16)(H2,11,13,14). The van der Waals surface area contributed by atoms with Gasteiger partial charge in [0, 0.05) is 18.7 Å². The Kier molecular flexibility index (Phi) is 2.89. The zero-order valence-corrected chi connectivity index (χ0v) is 9.23. The summed E-state index contributed by atoms with van der Waals surface area (Å²) in [6.07, 6.45) is 2.20. The fourth-order valence-electron chi connectivity index (χ4n) is 1.85. The zero-order chi connectivity index (χ0) is 11.5. The van der Waals surface area contributed by atoms with Crippen LogP contribution in [-0.4, -0.2) is 35.5 Å². The van der Waals surface area contributed by atoms with Crippen molar-refractivity contribution in [1.82, 2.24) is 15.3 Å². The van der Waals surface area contributed by atoms with Crippen LogP contribution in [0.4, 0.5) is 11.6 Å². The maximum absolute atomic E-state index is 11.3. The number of nitrogens with two attached hydrogens (primary N) is 1. The Balaban J connectivity index is 2.31. The van der Waals surface area contributed by atoms with Gasteiger partial charge in [-0.15, -0.1) is 0 Å². The highest BCUT2D eigenvalue weighted by Gasteiger charge is 2.20. The van der Waals surface area contributed by atoms with Crippen molar-refractivity contribution in [3.63, 3.8) is 0 Å². The number of nitrogens with one attached hydrogen (secondary N) is 1. The quantitative estimate of drug-likeness (QED) is 0.707. The first-order chi connectivity index (χ1) is 7.72. The normalized spacial score (nSPS) is 16.1. The van der Waals surface area contributed by atoms with Crippen LogP contribution in [-0.2, 0) is 11.2 Å². The molecule has 86 valence electrons. The van der Waals surface area contributed by atoms with Gasteiger partial charge in [0.05, 0.1) is 6.54 Å². The maximum atomic E-state index is 11.3. The van der Waals surface area contributed by atoms with Crippen LogP contribution in [0.5, 0.6) is 0 Å². The van der Waals surface area contributed by atoms with Crippen molar-refractivity contribution in [2.45, 2.75) is 13.3 Å². The first-order valence-corrected chi connectivity index (χ1v) is 5.33. The van der Waals surface area contributed by atoms with Gasteiger partial charge in [-0.1, -0.05) is 6.92 Å². The molecule has 1 amide bonds. The van der Waals surface area contributed by atoms with Crippen LogP contribution in [0.3, 0.4) is 0 Å². The third kappa shape index (κ3) is 1.91. The van der Waals surface area contributed by atoms with Crippen molar-refractivity contribution < 1.29 is 4.79 Å². The van der Waals surface area contributed by atoms with E-state index in [1.54, 1.807) is 0 Å². The lowest BCUT2D eigenvalue weighted by Crippen LogP contribution is -2.48. The molecule has 0 aromatic carbocycles. The first kappa shape index (κ1) is 10.7. The highest BCUT2D eigenvalue weighted by atomic mass is 16.2. The molecular weight excluding hydrogens is 206 g/mol. The van der Waals surface area contributed by atoms with Crippen LogP contribution < -0.4 is 16.0 Å². The van der Waals surface area contributed by atoms with Gasteiger partial charge >= 0.3 is 0 Å². The van der Waals surface area contributed by atoms with Gasteiger partial charge in [-0.05, 0) is 6.42 Å². The molecule has 1 aromatic rings. The minimum atomic E-state index is 0.0190. The second-order valence-electron chi connectivity index (χ2n) is 3.69. The fourth-order valence-corrected chi connectivity index (χ4v) is 1.85. The Bertz CT molecular complexity index is 406. The van der Waals surface area contributed by atoms with Crippen LogP contribution in [0.15, 0.2) is 6.33 Å². The number of piperazine rings is 1. The predicted octanol–water partition coefficient (Wildman–Crippen LogP) is -0.443. The monoisotopic (exact) mass is 221 g/mol. The lowest BCUT2D eigenvalue weighted by molar-refractivity contribution is -0.120. The Morgan fingerprint density at radius 3 is 3.06 bits per heavy atom. The van der Waals surface area contributed by atoms with Crippen molar-refractivity contribution in [2.75, 3.05) is 30.3 Å². The van der Waals surface area contributed by atoms with E-state index in [1.165, 1.54) is 6.33 Å². The number of amides is 1. The zero-order valence-electron chi connectivity index (χ0n) is 9.23. The van der Waals surface area contributed by atoms with Crippen molar-refractivity contribution in [3.05, 3.63) is 11.9 Å². The number of nitrogens with zero attached hydrogens (tertiary/aromatic N) is 3. The number of hydrogen-bond donors (Lipinski definition) is 2. The highest BCUT2D eigenvalue weighted by molar-refractivity contribution is 5.82. The summed E-state index contributed by atoms with van der Waals surface area (Å²) in [7, 11) is 0. The van der Waals surface area contributed by atoms with E-state index in [-0.39, 0.29) is 5.91 Å². The second kappa shape index (κ2) is 4.34. The molecule has 16 heavy (non-hydrogen) atoms. The molecule has 6 heteroatoms. The number of carbonyl (C=O) groups is 1. The average molecular weight is 221 g/mol. The Morgan fingerprint density at radius 1 is 1.56 bits per heavy atom. The summed E-state index contributed by atoms with van der Waals surface area (Å²) < 4.78 is 0. The molecule has 0 saturated carbocycles. The number of aromatic nitrogens is 2. The summed E-state index contributed by atoms with van der Waals surface area (Å²) in [6, 6.07) is 0. The van der Waals surface area contributed by atoms with Gasteiger partial charge in [-0.3, -0.25) is 4.79 Å². The average Bonchev–Trinajstić information content (AvgIpc) is 2.28. The third-order valence-electron chi connectivity index (χ3n) is 2.65. The SMILES string of the molecule is CCc1c(N)ncnc1N1CCNC(=O)C1. The van der Waals surface area contributed by atoms with Gasteiger partial charge in [0.15, 0.2) is 0 Å². The summed E-state index contributed by atoms with van der Waals surface area (Å²) in [5.74, 6) is 1.30. The van der Waals surface area contributed by atoms with E-state index in [0.717, 1.165) is 24.3 Å². The number of hydrogen-bond acceptors (Lipinski definition) is 5. The number of rotatable bonds is 2. The fraction of sp³-hybridized carbons (Fsp3) is 0.500. The van der Waals surface area contributed by atoms with E-state index in [4.69, 9.17) is 5.73 Å². The Labute approximate surface area is 93.9 Å². The Morgan fingerprint density at radius 2 is 2.38 bits per heavy atom. The molecule has 3 N–H and O–H groups in total. The van der Waals surface area contributed by atoms with E-state index >= 15 is 0 Å². The molecule has 0 radical (unpaired) electrons. The minimum Gasteiger partial charge on any atom is -0.383 e. The highest BCUT2D eigenvalue weighted by Crippen LogP contribution is 2.22. The van der Waals surface area contributed by atoms with Gasteiger partial charge in [0.1, 0.15) is 18.0 Å². The lowest BCUT2D eigenvalue weighted by Gasteiger charge is -2.29. The van der Waals surface area contributed by atoms with E-state index in [9.17, 15) is 4.79 Å². The van der Waals surface area contributed by atoms with Crippen LogP contribution >= 0.6 is 0 Å². The van der Waals surface area contributed by atoms with Gasteiger partial charge in [0.2, 0.25) is 5.91 Å². The van der Waals surface area contributed by atoms with Crippen molar-refractivity contribution >= 4 is 17.5 Å². The summed E-state index contributed by atoms with van der Waals surface area (Å²) >= 11 is 0. The number of carbonyl (C=O) groups excluding carboxylic acids is 1. The molecule has 0 bridgehead atoms. The molecule has 0 spiro atoms. The van der Waals surface area contributed by atoms with Gasteiger partial charge in [0.25, 0.3) is 0 Å². The van der Waals surface area contributed by atoms with Gasteiger partial charge in [-0.25, -0.2) is 9.97 Å². The molecule has 6 nitrogen and oxygen atoms in total. The molecule has 0 atom stereocenters. The first-order valence-electron chi connectivity index (χ1n) is 5.33. The van der Waals surface area contributed by atoms with Crippen LogP contribution in [0.1, 0.15) is 12.5 Å². The molecule has 1 saturated heterocycles. The molecule has 1 fully saturated rings. The van der Waals surface area contributed by atoms with Gasteiger partial charge in [-0.2, -0.15) is 0 Å². The van der Waals surface area contributed by atoms with Crippen LogP contribution in [0.2, 0.25) is 0 Å². The molecule has 1 aliphatic rings. The third-order valence-corrected chi connectivity index (χ3v) is 2.65. The summed E-state index contributed by atoms with van der Waals surface area (Å²) in [5.41, 5.74) is 6.71. The number of anilines is 2. The molecular formula is C10H15N5O. The molecule has 0 unspecified atom stereocenters. The summed E-state index contributed by atoms with van der Waals surface area (Å²) in [6.45, 7) is 3.74. The largest absolute Gasteiger partial charge is 0.383 e. The topological polar surface area (TPSA) is 84.1 Å². The number of nitrogen functional groups attached to an aromatic ring is 1. The van der Waals surface area contributed by atoms with E-state index < -0.39 is 0 Å². The molecule has 1 aromatic heterocycles. The van der Waals surface area contributed by atoms with Crippen molar-refractivity contribution in [3.8, 4) is 0 Å². The van der Waals surface area contributed by atoms with Crippen LogP contribution in [0, 0.1) is 0 Å². The molecule has 2 heterocycles. The lowest BCUT2D eigenvalue weighted by atomic mass is 10.2. The minimum absolute atomic E-state index is 0.0190. The smallest absolute Gasteiger partial charge is 0.239 e. The maximum Gasteiger partial charge on any atom is 0.239 e. The molecule has 1 aliphatic heterocycles. The van der Waals surface area contributed by atoms with E-state index in [1.807, 2.05) is 11.8 Å². The van der Waals surface area contributed by atoms with Gasteiger partial charge < -0.3 is 16.0 Å². The molecule has 0 aliphatic carbocycles. The molecule has 2 rings (SSSR count). The van der Waals surface area contributed by atoms with Crippen molar-refractivity contribution in [2.24, 2.45) is 0 Å². The van der Waals surface area contributed by atoms with E-state index in [0.29, 0.717) is 18.9 Å². The van der Waals surface area contributed by atoms with Crippen molar-refractivity contribution in [1.29, 1.82) is 0 Å². The second-order valence-corrected chi connectivity index (χ2v) is 3.69. The summed E-state index contributed by atoms with van der Waals surface area (Å²) in [4.78, 5) is 21.4. The Hall–Kier alpha value is -1.85. The predicted molar refractivity (Wildman–Crippen MR) is 61.0 cm³/mol. The summed E-state index contributed by atoms with van der Waals surface area (Å²) in [5, 5.41) is 2.78.